The Labute approximate surface area is 273 Å². The number of allylic oxidation sites excluding steroid dienone is 4. The molecule has 0 aliphatic carbocycles. The van der Waals surface area contributed by atoms with Crippen molar-refractivity contribution >= 4 is 40.1 Å². The van der Waals surface area contributed by atoms with Crippen molar-refractivity contribution in [1.29, 1.82) is 0 Å². The van der Waals surface area contributed by atoms with Crippen molar-refractivity contribution in [2.75, 3.05) is 12.4 Å². The van der Waals surface area contributed by atoms with Crippen LogP contribution < -0.4 is 0 Å². The molecule has 1 nitrogen and oxygen atoms in total. The maximum atomic E-state index is 6.02. The van der Waals surface area contributed by atoms with Gasteiger partial charge in [0.2, 0.25) is 0 Å². The summed E-state index contributed by atoms with van der Waals surface area (Å²) < 4.78 is 4.07. The van der Waals surface area contributed by atoms with Gasteiger partial charge in [0.1, 0.15) is 0 Å². The molecule has 5 heteroatoms. The van der Waals surface area contributed by atoms with Crippen LogP contribution in [0.3, 0.4) is 0 Å². The van der Waals surface area contributed by atoms with Gasteiger partial charge in [-0.05, 0) is 76.0 Å². The van der Waals surface area contributed by atoms with Crippen LogP contribution in [0.15, 0.2) is 24.3 Å². The number of hydrogen-bond donors (Lipinski definition) is 1. The van der Waals surface area contributed by atoms with Crippen molar-refractivity contribution in [3.8, 4) is 0 Å². The highest BCUT2D eigenvalue weighted by atomic mass is 33.2. The molecule has 0 N–H and O–H groups in total. The van der Waals surface area contributed by atoms with Gasteiger partial charge in [0, 0.05) is 5.75 Å². The Balaban J connectivity index is 3.35. The Morgan fingerprint density at radius 3 is 1.20 bits per heavy atom. The Bertz CT molecular complexity index is 560. The largest absolute Gasteiger partial charge is 0.334 e. The predicted octanol–water partition coefficient (Wildman–Crippen LogP) is 15.0. The molecule has 244 valence electrons. The van der Waals surface area contributed by atoms with E-state index in [1.54, 1.807) is 11.4 Å². The molecule has 0 aromatic rings. The Morgan fingerprint density at radius 1 is 0.488 bits per heavy atom. The molecule has 41 heavy (non-hydrogen) atoms. The van der Waals surface area contributed by atoms with E-state index >= 15 is 0 Å². The zero-order chi connectivity index (χ0) is 30.0. The molecule has 0 aliphatic heterocycles. The quantitative estimate of drug-likeness (QED) is 0.0323. The van der Waals surface area contributed by atoms with Crippen LogP contribution >= 0.6 is 28.3 Å². The normalized spacial score (nSPS) is 13.5. The summed E-state index contributed by atoms with van der Waals surface area (Å²) in [5.74, 6) is 1.11. The van der Waals surface area contributed by atoms with Crippen LogP contribution in [0, 0.1) is 0 Å². The van der Waals surface area contributed by atoms with Crippen LogP contribution in [0.4, 0.5) is 0 Å². The zero-order valence-corrected chi connectivity index (χ0v) is 31.1. The average Bonchev–Trinajstić information content (AvgIpc) is 2.96. The van der Waals surface area contributed by atoms with Crippen LogP contribution in [0.5, 0.6) is 0 Å². The average molecular weight is 647 g/mol. The highest BCUT2D eigenvalue weighted by Gasteiger charge is 2.12. The maximum Gasteiger partial charge on any atom is 0.171 e. The van der Waals surface area contributed by atoms with Gasteiger partial charge in [-0.3, -0.25) is 0 Å². The molecular formula is C36H71OPS3. The molecular weight excluding hydrogens is 576 g/mol. The van der Waals surface area contributed by atoms with E-state index in [9.17, 15) is 0 Å². The lowest BCUT2D eigenvalue weighted by Gasteiger charge is -2.15. The van der Waals surface area contributed by atoms with Gasteiger partial charge in [0.25, 0.3) is 0 Å². The second-order valence-corrected chi connectivity index (χ2v) is 21.7. The standard InChI is InChI=1S/C36H71OPS3/c1-3-5-7-9-11-13-15-17-19-21-23-25-27-29-31-33-35-37-38(39,40)41-36-34-32-30-28-26-24-22-20-18-16-14-12-10-8-6-4-2/h17-20H,3-16,21-36H2,1-2H3,(H,39,40)/b19-17-,20-18-. The summed E-state index contributed by atoms with van der Waals surface area (Å²) in [6.07, 6.45) is 47.3. The summed E-state index contributed by atoms with van der Waals surface area (Å²) in [7, 11) is 0. The van der Waals surface area contributed by atoms with Crippen LogP contribution in [-0.2, 0) is 16.3 Å². The highest BCUT2D eigenvalue weighted by Crippen LogP contribution is 2.64. The fraction of sp³-hybridized carbons (Fsp3) is 0.889. The van der Waals surface area contributed by atoms with Crippen molar-refractivity contribution in [1.82, 2.24) is 0 Å². The molecule has 0 amide bonds. The summed E-state index contributed by atoms with van der Waals surface area (Å²) in [5.41, 5.74) is 0. The molecule has 0 spiro atoms. The van der Waals surface area contributed by atoms with Crippen molar-refractivity contribution in [2.24, 2.45) is 0 Å². The SMILES string of the molecule is CCCCCCCC/C=C\CCCCCCCCOP(=S)(S)SCCCCCCCC/C=C\CCCCCCCC. The van der Waals surface area contributed by atoms with E-state index < -0.39 is 4.67 Å². The molecule has 0 aliphatic rings. The first-order valence-electron chi connectivity index (χ1n) is 18.0. The minimum absolute atomic E-state index is 0.794. The summed E-state index contributed by atoms with van der Waals surface area (Å²) in [6, 6.07) is 0. The maximum absolute atomic E-state index is 6.02. The Kier molecular flexibility index (Phi) is 36.0. The Morgan fingerprint density at radius 2 is 0.805 bits per heavy atom. The molecule has 0 fully saturated rings. The van der Waals surface area contributed by atoms with Gasteiger partial charge in [-0.15, -0.1) is 12.2 Å². The number of unbranched alkanes of at least 4 members (excludes halogenated alkanes) is 24. The molecule has 0 bridgehead atoms. The zero-order valence-electron chi connectivity index (χ0n) is 27.6. The monoisotopic (exact) mass is 646 g/mol. The number of thiol groups is 1. The molecule has 0 saturated carbocycles. The minimum atomic E-state index is -1.94. The third-order valence-electron chi connectivity index (χ3n) is 7.82. The van der Waals surface area contributed by atoms with Crippen LogP contribution in [0.25, 0.3) is 0 Å². The van der Waals surface area contributed by atoms with E-state index in [0.717, 1.165) is 18.8 Å². The van der Waals surface area contributed by atoms with Crippen molar-refractivity contribution < 1.29 is 4.52 Å². The summed E-state index contributed by atoms with van der Waals surface area (Å²) in [6.45, 7) is 5.37. The lowest BCUT2D eigenvalue weighted by molar-refractivity contribution is 0.347. The molecule has 0 radical (unpaired) electrons. The smallest absolute Gasteiger partial charge is 0.171 e. The van der Waals surface area contributed by atoms with E-state index in [2.05, 4.69) is 38.2 Å². The molecule has 0 rings (SSSR count). The topological polar surface area (TPSA) is 9.23 Å². The first-order valence-corrected chi connectivity index (χ1v) is 23.5. The van der Waals surface area contributed by atoms with Gasteiger partial charge in [0.15, 0.2) is 4.67 Å². The lowest BCUT2D eigenvalue weighted by atomic mass is 10.1. The predicted molar refractivity (Wildman–Crippen MR) is 201 cm³/mol. The van der Waals surface area contributed by atoms with Crippen molar-refractivity contribution in [2.45, 2.75) is 194 Å². The highest BCUT2D eigenvalue weighted by molar-refractivity contribution is 8.95. The van der Waals surface area contributed by atoms with Crippen LogP contribution in [0.2, 0.25) is 0 Å². The molecule has 0 aromatic carbocycles. The number of hydrogen-bond acceptors (Lipinski definition) is 3. The van der Waals surface area contributed by atoms with Crippen LogP contribution in [-0.4, -0.2) is 12.4 Å². The second-order valence-electron chi connectivity index (χ2n) is 12.0. The van der Waals surface area contributed by atoms with Gasteiger partial charge < -0.3 is 4.52 Å². The third-order valence-corrected chi connectivity index (χ3v) is 13.6. The minimum Gasteiger partial charge on any atom is -0.334 e. The lowest BCUT2D eigenvalue weighted by Crippen LogP contribution is -1.90. The third kappa shape index (κ3) is 36.9. The van der Waals surface area contributed by atoms with Gasteiger partial charge in [0.05, 0.1) is 6.61 Å². The summed E-state index contributed by atoms with van der Waals surface area (Å²) in [4.78, 5) is 0. The fourth-order valence-electron chi connectivity index (χ4n) is 5.10. The van der Waals surface area contributed by atoms with Gasteiger partial charge in [-0.25, -0.2) is 0 Å². The Hall–Kier alpha value is 0.790. The van der Waals surface area contributed by atoms with E-state index in [-0.39, 0.29) is 0 Å². The van der Waals surface area contributed by atoms with Crippen LogP contribution in [0.1, 0.15) is 194 Å². The fourth-order valence-corrected chi connectivity index (χ4v) is 9.50. The van der Waals surface area contributed by atoms with Crippen molar-refractivity contribution in [3.05, 3.63) is 24.3 Å². The van der Waals surface area contributed by atoms with E-state index in [4.69, 9.17) is 28.6 Å². The first-order chi connectivity index (χ1) is 20.1. The summed E-state index contributed by atoms with van der Waals surface area (Å²) >= 11 is 12.2. The second kappa shape index (κ2) is 35.3. The van der Waals surface area contributed by atoms with Gasteiger partial charge in [-0.1, -0.05) is 165 Å². The van der Waals surface area contributed by atoms with E-state index in [1.165, 1.54) is 173 Å². The number of rotatable bonds is 34. The first kappa shape index (κ1) is 41.8. The molecule has 0 heterocycles. The molecule has 0 saturated heterocycles. The van der Waals surface area contributed by atoms with E-state index in [0.29, 0.717) is 0 Å². The van der Waals surface area contributed by atoms with Crippen molar-refractivity contribution in [3.63, 3.8) is 0 Å². The van der Waals surface area contributed by atoms with E-state index in [1.807, 2.05) is 0 Å². The van der Waals surface area contributed by atoms with Gasteiger partial charge >= 0.3 is 0 Å². The van der Waals surface area contributed by atoms with Gasteiger partial charge in [-0.2, -0.15) is 0 Å². The molecule has 1 atom stereocenters. The molecule has 1 unspecified atom stereocenters. The molecule has 0 aromatic heterocycles. The summed E-state index contributed by atoms with van der Waals surface area (Å²) in [5, 5.41) is 0.